The highest BCUT2D eigenvalue weighted by Gasteiger charge is 2.46. The van der Waals surface area contributed by atoms with Crippen molar-refractivity contribution in [1.29, 1.82) is 0 Å². The molecule has 4 nitrogen and oxygen atoms in total. The largest absolute Gasteiger partial charge is 0.264 e. The van der Waals surface area contributed by atoms with Crippen LogP contribution in [-0.4, -0.2) is 19.9 Å². The second-order valence-electron chi connectivity index (χ2n) is 13.9. The maximum atomic E-state index is 5.11. The van der Waals surface area contributed by atoms with E-state index in [-0.39, 0.29) is 0 Å². The lowest BCUT2D eigenvalue weighted by Crippen LogP contribution is -2.28. The first-order valence-electron chi connectivity index (χ1n) is 18.5. The molecule has 0 radical (unpaired) electrons. The van der Waals surface area contributed by atoms with Crippen LogP contribution in [0.2, 0.25) is 0 Å². The van der Waals surface area contributed by atoms with Crippen LogP contribution < -0.4 is 0 Å². The topological polar surface area (TPSA) is 51.6 Å². The molecule has 0 saturated carbocycles. The number of fused-ring (bicyclic) bond motifs is 3. The fourth-order valence-electron chi connectivity index (χ4n) is 8.19. The number of nitrogens with zero attached hydrogens (tertiary/aromatic N) is 4. The Morgan fingerprint density at radius 1 is 0.309 bits per heavy atom. The highest BCUT2D eigenvalue weighted by Crippen LogP contribution is 2.56. The third kappa shape index (κ3) is 5.63. The van der Waals surface area contributed by atoms with Crippen LogP contribution in [0.1, 0.15) is 22.3 Å². The van der Waals surface area contributed by atoms with Gasteiger partial charge >= 0.3 is 0 Å². The third-order valence-electron chi connectivity index (χ3n) is 10.7. The molecule has 55 heavy (non-hydrogen) atoms. The van der Waals surface area contributed by atoms with Gasteiger partial charge in [-0.25, -0.2) is 15.0 Å². The van der Waals surface area contributed by atoms with Gasteiger partial charge in [-0.05, 0) is 86.0 Å². The van der Waals surface area contributed by atoms with Crippen molar-refractivity contribution in [1.82, 2.24) is 19.9 Å². The number of aromatic nitrogens is 4. The molecule has 2 aromatic heterocycles. The molecule has 0 fully saturated rings. The normalized spacial score (nSPS) is 12.5. The van der Waals surface area contributed by atoms with Gasteiger partial charge in [-0.2, -0.15) is 0 Å². The van der Waals surface area contributed by atoms with E-state index in [1.54, 1.807) is 12.4 Å². The van der Waals surface area contributed by atoms with Crippen LogP contribution in [0, 0.1) is 0 Å². The smallest absolute Gasteiger partial charge is 0.165 e. The second-order valence-corrected chi connectivity index (χ2v) is 13.9. The Hall–Kier alpha value is -7.30. The minimum absolute atomic E-state index is 0.474. The van der Waals surface area contributed by atoms with Gasteiger partial charge in [0.15, 0.2) is 17.5 Å². The van der Waals surface area contributed by atoms with E-state index >= 15 is 0 Å². The molecular weight excluding hydrogens is 669 g/mol. The van der Waals surface area contributed by atoms with Crippen molar-refractivity contribution in [2.45, 2.75) is 5.41 Å². The van der Waals surface area contributed by atoms with Gasteiger partial charge in [-0.3, -0.25) is 4.98 Å². The lowest BCUT2D eigenvalue weighted by atomic mass is 9.67. The molecule has 1 aliphatic carbocycles. The third-order valence-corrected chi connectivity index (χ3v) is 10.7. The Morgan fingerprint density at radius 2 is 0.782 bits per heavy atom. The van der Waals surface area contributed by atoms with E-state index in [9.17, 15) is 0 Å². The van der Waals surface area contributed by atoms with Crippen molar-refractivity contribution >= 4 is 0 Å². The maximum absolute atomic E-state index is 5.11. The summed E-state index contributed by atoms with van der Waals surface area (Å²) < 4.78 is 0. The highest BCUT2D eigenvalue weighted by molar-refractivity contribution is 5.88. The molecular formula is C51H34N4. The standard InChI is InChI=1S/C51H34N4/c1-4-15-35(16-5-1)36-17-12-19-39(31-36)48-53-49(55-50(54-48)41-21-14-30-52-34-41)40-20-13-18-37(32-40)38-28-29-45-44-26-10-11-27-46(44)51(47(45)33-38,42-22-6-2-7-23-42)43-24-8-3-9-25-43/h1-34H. The maximum Gasteiger partial charge on any atom is 0.165 e. The molecule has 0 bridgehead atoms. The van der Waals surface area contributed by atoms with E-state index in [1.165, 1.54) is 33.4 Å². The Bertz CT molecular complexity index is 2760. The van der Waals surface area contributed by atoms with Crippen LogP contribution in [0.15, 0.2) is 207 Å². The molecule has 0 atom stereocenters. The van der Waals surface area contributed by atoms with Gasteiger partial charge in [0.05, 0.1) is 5.41 Å². The van der Waals surface area contributed by atoms with Gasteiger partial charge in [-0.1, -0.05) is 164 Å². The summed E-state index contributed by atoms with van der Waals surface area (Å²) in [6, 6.07) is 68.8. The van der Waals surface area contributed by atoms with Crippen LogP contribution in [0.4, 0.5) is 0 Å². The Morgan fingerprint density at radius 3 is 1.40 bits per heavy atom. The zero-order chi connectivity index (χ0) is 36.6. The fraction of sp³-hybridized carbons (Fsp3) is 0.0196. The van der Waals surface area contributed by atoms with Crippen molar-refractivity contribution in [3.05, 3.63) is 229 Å². The van der Waals surface area contributed by atoms with E-state index < -0.39 is 5.41 Å². The summed E-state index contributed by atoms with van der Waals surface area (Å²) in [4.78, 5) is 19.5. The van der Waals surface area contributed by atoms with Crippen LogP contribution >= 0.6 is 0 Å². The molecule has 4 heteroatoms. The SMILES string of the molecule is c1ccc(-c2cccc(-c3nc(-c4cccnc4)nc(-c4cccc(-c5ccc6c(c5)C(c5ccccc5)(c5ccccc5)c5ccccc5-6)c4)n3)c2)cc1. The zero-order valence-corrected chi connectivity index (χ0v) is 29.9. The molecule has 2 heterocycles. The number of benzene rings is 7. The van der Waals surface area contributed by atoms with Gasteiger partial charge in [0.25, 0.3) is 0 Å². The van der Waals surface area contributed by atoms with Gasteiger partial charge in [0, 0.05) is 29.1 Å². The lowest BCUT2D eigenvalue weighted by molar-refractivity contribution is 0.769. The second kappa shape index (κ2) is 13.6. The van der Waals surface area contributed by atoms with E-state index in [0.29, 0.717) is 17.5 Å². The van der Waals surface area contributed by atoms with Crippen molar-refractivity contribution in [2.24, 2.45) is 0 Å². The van der Waals surface area contributed by atoms with Crippen LogP contribution in [0.5, 0.6) is 0 Å². The molecule has 0 aliphatic heterocycles. The van der Waals surface area contributed by atoms with Gasteiger partial charge in [-0.15, -0.1) is 0 Å². The predicted molar refractivity (Wildman–Crippen MR) is 222 cm³/mol. The van der Waals surface area contributed by atoms with Crippen molar-refractivity contribution in [3.63, 3.8) is 0 Å². The van der Waals surface area contributed by atoms with E-state index in [2.05, 4.69) is 181 Å². The van der Waals surface area contributed by atoms with Crippen molar-refractivity contribution < 1.29 is 0 Å². The number of rotatable bonds is 7. The first-order chi connectivity index (χ1) is 27.3. The summed E-state index contributed by atoms with van der Waals surface area (Å²) >= 11 is 0. The molecule has 0 saturated heterocycles. The molecule has 10 rings (SSSR count). The van der Waals surface area contributed by atoms with Crippen LogP contribution in [0.3, 0.4) is 0 Å². The summed E-state index contributed by atoms with van der Waals surface area (Å²) in [7, 11) is 0. The molecule has 0 amide bonds. The fourth-order valence-corrected chi connectivity index (χ4v) is 8.19. The summed E-state index contributed by atoms with van der Waals surface area (Å²) in [5.74, 6) is 1.79. The molecule has 7 aromatic carbocycles. The van der Waals surface area contributed by atoms with E-state index in [1.807, 2.05) is 18.2 Å². The predicted octanol–water partition coefficient (Wildman–Crippen LogP) is 12.0. The first-order valence-corrected chi connectivity index (χ1v) is 18.5. The molecule has 9 aromatic rings. The van der Waals surface area contributed by atoms with Crippen LogP contribution in [0.25, 0.3) is 67.5 Å². The summed E-state index contributed by atoms with van der Waals surface area (Å²) in [6.45, 7) is 0. The Balaban J connectivity index is 1.12. The first kappa shape index (κ1) is 32.4. The molecule has 0 N–H and O–H groups in total. The minimum atomic E-state index is -0.474. The summed E-state index contributed by atoms with van der Waals surface area (Å²) in [5.41, 5.74) is 14.2. The molecule has 0 unspecified atom stereocenters. The average Bonchev–Trinajstić information content (AvgIpc) is 3.58. The molecule has 258 valence electrons. The summed E-state index contributed by atoms with van der Waals surface area (Å²) in [6.07, 6.45) is 3.56. The highest BCUT2D eigenvalue weighted by atomic mass is 15.0. The zero-order valence-electron chi connectivity index (χ0n) is 29.9. The molecule has 1 aliphatic rings. The lowest BCUT2D eigenvalue weighted by Gasteiger charge is -2.34. The quantitative estimate of drug-likeness (QED) is 0.166. The van der Waals surface area contributed by atoms with Crippen molar-refractivity contribution in [2.75, 3.05) is 0 Å². The summed E-state index contributed by atoms with van der Waals surface area (Å²) in [5, 5.41) is 0. The van der Waals surface area contributed by atoms with Gasteiger partial charge in [0.2, 0.25) is 0 Å². The number of pyridine rings is 1. The number of hydrogen-bond donors (Lipinski definition) is 0. The minimum Gasteiger partial charge on any atom is -0.264 e. The van der Waals surface area contributed by atoms with E-state index in [4.69, 9.17) is 15.0 Å². The monoisotopic (exact) mass is 702 g/mol. The van der Waals surface area contributed by atoms with Crippen LogP contribution in [-0.2, 0) is 5.41 Å². The average molecular weight is 703 g/mol. The molecule has 0 spiro atoms. The Kier molecular flexibility index (Phi) is 8.00. The van der Waals surface area contributed by atoms with Gasteiger partial charge < -0.3 is 0 Å². The van der Waals surface area contributed by atoms with Crippen molar-refractivity contribution in [3.8, 4) is 67.5 Å². The van der Waals surface area contributed by atoms with Gasteiger partial charge in [0.1, 0.15) is 0 Å². The van der Waals surface area contributed by atoms with E-state index in [0.717, 1.165) is 38.9 Å². The Labute approximate surface area is 320 Å². The number of hydrogen-bond acceptors (Lipinski definition) is 4.